The molecule has 0 radical (unpaired) electrons. The molecule has 2 heterocycles. The summed E-state index contributed by atoms with van der Waals surface area (Å²) in [6, 6.07) is 18.8. The van der Waals surface area contributed by atoms with Gasteiger partial charge in [-0.15, -0.1) is 0 Å². The van der Waals surface area contributed by atoms with E-state index in [4.69, 9.17) is 4.74 Å². The number of nitrogens with one attached hydrogen (secondary N) is 1. The first-order chi connectivity index (χ1) is 11.9. The summed E-state index contributed by atoms with van der Waals surface area (Å²) in [5.74, 6) is 1.74. The summed E-state index contributed by atoms with van der Waals surface area (Å²) in [5.41, 5.74) is 3.74. The van der Waals surface area contributed by atoms with Crippen molar-refractivity contribution in [3.63, 3.8) is 0 Å². The Bertz CT molecular complexity index is 760. The number of rotatable bonds is 4. The molecule has 0 amide bonds. The second-order valence-corrected chi connectivity index (χ2v) is 6.65. The van der Waals surface area contributed by atoms with Crippen molar-refractivity contribution >= 4 is 17.0 Å². The van der Waals surface area contributed by atoms with Gasteiger partial charge in [-0.3, -0.25) is 0 Å². The van der Waals surface area contributed by atoms with E-state index in [0.717, 1.165) is 37.7 Å². The first-order valence-electron chi connectivity index (χ1n) is 8.25. The normalized spacial score (nSPS) is 14.6. The second-order valence-electron chi connectivity index (χ2n) is 5.87. The van der Waals surface area contributed by atoms with E-state index in [1.165, 1.54) is 16.8 Å². The summed E-state index contributed by atoms with van der Waals surface area (Å²) in [7, 11) is 0. The molecule has 1 aliphatic rings. The van der Waals surface area contributed by atoms with Gasteiger partial charge in [-0.05, 0) is 64.4 Å². The highest BCUT2D eigenvalue weighted by molar-refractivity contribution is 7.08. The minimum absolute atomic E-state index is 0.865. The lowest BCUT2D eigenvalue weighted by molar-refractivity contribution is 0.482. The summed E-state index contributed by atoms with van der Waals surface area (Å²) in [6.45, 7) is 4.22. The van der Waals surface area contributed by atoms with Crippen molar-refractivity contribution in [2.24, 2.45) is 0 Å². The number of hydrogen-bond acceptors (Lipinski definition) is 4. The van der Waals surface area contributed by atoms with Gasteiger partial charge in [0.15, 0.2) is 0 Å². The van der Waals surface area contributed by atoms with E-state index in [1.807, 2.05) is 24.3 Å². The predicted molar refractivity (Wildman–Crippen MR) is 101 cm³/mol. The predicted octanol–water partition coefficient (Wildman–Crippen LogP) is 4.62. The molecule has 0 unspecified atom stereocenters. The minimum atomic E-state index is 0.865. The molecule has 3 aromatic rings. The van der Waals surface area contributed by atoms with E-state index < -0.39 is 0 Å². The van der Waals surface area contributed by atoms with Crippen molar-refractivity contribution < 1.29 is 4.74 Å². The lowest BCUT2D eigenvalue weighted by Gasteiger charge is -2.29. The SMILES string of the molecule is c1cc(-c2ccc(Oc3ccc(N4CCNCC4)cc3)cc2)cs1. The molecule has 4 heteroatoms. The first-order valence-corrected chi connectivity index (χ1v) is 9.19. The highest BCUT2D eigenvalue weighted by Crippen LogP contribution is 2.28. The Balaban J connectivity index is 1.43. The van der Waals surface area contributed by atoms with Gasteiger partial charge in [-0.25, -0.2) is 0 Å². The van der Waals surface area contributed by atoms with Crippen LogP contribution in [0.2, 0.25) is 0 Å². The highest BCUT2D eigenvalue weighted by atomic mass is 32.1. The zero-order valence-electron chi connectivity index (χ0n) is 13.4. The first kappa shape index (κ1) is 15.2. The maximum absolute atomic E-state index is 5.96. The number of hydrogen-bond donors (Lipinski definition) is 1. The molecule has 1 N–H and O–H groups in total. The van der Waals surface area contributed by atoms with E-state index in [-0.39, 0.29) is 0 Å². The Hall–Kier alpha value is -2.30. The number of benzene rings is 2. The van der Waals surface area contributed by atoms with E-state index in [9.17, 15) is 0 Å². The summed E-state index contributed by atoms with van der Waals surface area (Å²) in [6.07, 6.45) is 0. The Morgan fingerprint density at radius 1 is 0.792 bits per heavy atom. The third-order valence-corrected chi connectivity index (χ3v) is 4.95. The minimum Gasteiger partial charge on any atom is -0.457 e. The van der Waals surface area contributed by atoms with Gasteiger partial charge in [0, 0.05) is 31.9 Å². The monoisotopic (exact) mass is 336 g/mol. The molecular formula is C20H20N2OS. The van der Waals surface area contributed by atoms with Crippen LogP contribution >= 0.6 is 11.3 Å². The topological polar surface area (TPSA) is 24.5 Å². The van der Waals surface area contributed by atoms with Crippen LogP contribution in [0.5, 0.6) is 11.5 Å². The second kappa shape index (κ2) is 7.07. The summed E-state index contributed by atoms with van der Waals surface area (Å²) in [5, 5.41) is 7.63. The average molecular weight is 336 g/mol. The lowest BCUT2D eigenvalue weighted by Crippen LogP contribution is -2.43. The van der Waals surface area contributed by atoms with Gasteiger partial charge in [-0.1, -0.05) is 12.1 Å². The maximum atomic E-state index is 5.96. The molecular weight excluding hydrogens is 316 g/mol. The lowest BCUT2D eigenvalue weighted by atomic mass is 10.1. The van der Waals surface area contributed by atoms with Crippen molar-refractivity contribution in [3.05, 3.63) is 65.4 Å². The third kappa shape index (κ3) is 3.45. The average Bonchev–Trinajstić information content (AvgIpc) is 3.18. The van der Waals surface area contributed by atoms with Crippen LogP contribution in [-0.4, -0.2) is 26.2 Å². The fourth-order valence-electron chi connectivity index (χ4n) is 2.93. The fourth-order valence-corrected chi connectivity index (χ4v) is 3.59. The van der Waals surface area contributed by atoms with Crippen molar-refractivity contribution in [2.45, 2.75) is 0 Å². The third-order valence-electron chi connectivity index (χ3n) is 4.26. The van der Waals surface area contributed by atoms with Crippen LogP contribution in [0.15, 0.2) is 65.4 Å². The van der Waals surface area contributed by atoms with Crippen LogP contribution in [0.25, 0.3) is 11.1 Å². The van der Waals surface area contributed by atoms with Crippen LogP contribution in [0.3, 0.4) is 0 Å². The van der Waals surface area contributed by atoms with Gasteiger partial charge in [0.25, 0.3) is 0 Å². The zero-order chi connectivity index (χ0) is 16.2. The molecule has 1 saturated heterocycles. The van der Waals surface area contributed by atoms with Gasteiger partial charge in [0.2, 0.25) is 0 Å². The molecule has 1 aromatic heterocycles. The Kier molecular flexibility index (Phi) is 4.49. The van der Waals surface area contributed by atoms with E-state index in [2.05, 4.69) is 51.3 Å². The Morgan fingerprint density at radius 2 is 1.46 bits per heavy atom. The van der Waals surface area contributed by atoms with Gasteiger partial charge in [0.05, 0.1) is 0 Å². The highest BCUT2D eigenvalue weighted by Gasteiger charge is 2.10. The molecule has 122 valence electrons. The Labute approximate surface area is 146 Å². The number of anilines is 1. The molecule has 1 fully saturated rings. The fraction of sp³-hybridized carbons (Fsp3) is 0.200. The van der Waals surface area contributed by atoms with Crippen molar-refractivity contribution in [3.8, 4) is 22.6 Å². The molecule has 4 rings (SSSR count). The summed E-state index contributed by atoms with van der Waals surface area (Å²) < 4.78 is 5.96. The summed E-state index contributed by atoms with van der Waals surface area (Å²) >= 11 is 1.72. The Morgan fingerprint density at radius 3 is 2.08 bits per heavy atom. The molecule has 0 spiro atoms. The number of piperazine rings is 1. The van der Waals surface area contributed by atoms with E-state index in [0.29, 0.717) is 0 Å². The molecule has 0 aliphatic carbocycles. The standard InChI is InChI=1S/C20H20N2OS/c1-5-19(6-2-16(1)17-9-14-24-15-17)23-20-7-3-18(4-8-20)22-12-10-21-11-13-22/h1-9,14-15,21H,10-13H2. The largest absolute Gasteiger partial charge is 0.457 e. The smallest absolute Gasteiger partial charge is 0.127 e. The van der Waals surface area contributed by atoms with E-state index in [1.54, 1.807) is 11.3 Å². The molecule has 0 saturated carbocycles. The molecule has 0 atom stereocenters. The maximum Gasteiger partial charge on any atom is 0.127 e. The van der Waals surface area contributed by atoms with Crippen LogP contribution in [0, 0.1) is 0 Å². The van der Waals surface area contributed by atoms with Crippen LogP contribution < -0.4 is 15.0 Å². The van der Waals surface area contributed by atoms with E-state index >= 15 is 0 Å². The van der Waals surface area contributed by atoms with Gasteiger partial charge in [-0.2, -0.15) is 11.3 Å². The molecule has 0 bridgehead atoms. The number of ether oxygens (including phenoxy) is 1. The van der Waals surface area contributed by atoms with Gasteiger partial charge < -0.3 is 15.0 Å². The molecule has 3 nitrogen and oxygen atoms in total. The summed E-state index contributed by atoms with van der Waals surface area (Å²) in [4.78, 5) is 2.40. The van der Waals surface area contributed by atoms with Crippen LogP contribution in [0.4, 0.5) is 5.69 Å². The quantitative estimate of drug-likeness (QED) is 0.752. The van der Waals surface area contributed by atoms with Crippen molar-refractivity contribution in [1.29, 1.82) is 0 Å². The van der Waals surface area contributed by atoms with Gasteiger partial charge in [0.1, 0.15) is 11.5 Å². The van der Waals surface area contributed by atoms with Crippen LogP contribution in [0.1, 0.15) is 0 Å². The molecule has 2 aromatic carbocycles. The zero-order valence-corrected chi connectivity index (χ0v) is 14.3. The number of thiophene rings is 1. The van der Waals surface area contributed by atoms with Crippen LogP contribution in [-0.2, 0) is 0 Å². The van der Waals surface area contributed by atoms with Gasteiger partial charge >= 0.3 is 0 Å². The van der Waals surface area contributed by atoms with Crippen molar-refractivity contribution in [1.82, 2.24) is 5.32 Å². The van der Waals surface area contributed by atoms with Crippen molar-refractivity contribution in [2.75, 3.05) is 31.1 Å². The molecule has 1 aliphatic heterocycles. The molecule has 24 heavy (non-hydrogen) atoms. The number of nitrogens with zero attached hydrogens (tertiary/aromatic N) is 1.